The maximum atomic E-state index is 4.38. The van der Waals surface area contributed by atoms with E-state index in [9.17, 15) is 0 Å². The molecule has 0 N–H and O–H groups in total. The standard InChI is InChI=1S/C13H22BrN3/c1-9(13(2,3)4)7-11-15-16-12(8-14)17(11)10-5-6-10/h9-10H,5-8H2,1-4H3. The van der Waals surface area contributed by atoms with Gasteiger partial charge in [-0.05, 0) is 24.2 Å². The van der Waals surface area contributed by atoms with Crippen molar-refractivity contribution in [2.24, 2.45) is 11.3 Å². The molecule has 1 aliphatic rings. The summed E-state index contributed by atoms with van der Waals surface area (Å²) in [5.41, 5.74) is 0.328. The lowest BCUT2D eigenvalue weighted by molar-refractivity contribution is 0.254. The fourth-order valence-electron chi connectivity index (χ4n) is 1.93. The SMILES string of the molecule is CC(Cc1nnc(CBr)n1C1CC1)C(C)(C)C. The minimum Gasteiger partial charge on any atom is -0.311 e. The summed E-state index contributed by atoms with van der Waals surface area (Å²) in [6.07, 6.45) is 3.60. The molecule has 1 unspecified atom stereocenters. The Morgan fingerprint density at radius 3 is 2.35 bits per heavy atom. The minimum absolute atomic E-state index is 0.328. The van der Waals surface area contributed by atoms with E-state index in [0.717, 1.165) is 17.6 Å². The molecular formula is C13H22BrN3. The molecule has 3 nitrogen and oxygen atoms in total. The van der Waals surface area contributed by atoms with Gasteiger partial charge in [-0.2, -0.15) is 0 Å². The van der Waals surface area contributed by atoms with E-state index < -0.39 is 0 Å². The number of rotatable bonds is 4. The molecule has 0 aliphatic heterocycles. The molecule has 96 valence electrons. The third kappa shape index (κ3) is 2.90. The molecule has 1 aromatic rings. The van der Waals surface area contributed by atoms with Gasteiger partial charge in [-0.25, -0.2) is 0 Å². The average Bonchev–Trinajstić information content (AvgIpc) is 2.99. The van der Waals surface area contributed by atoms with Crippen LogP contribution in [-0.2, 0) is 11.8 Å². The van der Waals surface area contributed by atoms with Gasteiger partial charge in [0.2, 0.25) is 0 Å². The second-order valence-electron chi connectivity index (χ2n) is 6.24. The molecule has 0 bridgehead atoms. The molecule has 0 spiro atoms. The normalized spacial score (nSPS) is 18.4. The highest BCUT2D eigenvalue weighted by atomic mass is 79.9. The summed E-state index contributed by atoms with van der Waals surface area (Å²) >= 11 is 3.50. The molecule has 1 atom stereocenters. The van der Waals surface area contributed by atoms with Crippen LogP contribution in [-0.4, -0.2) is 14.8 Å². The predicted molar refractivity (Wildman–Crippen MR) is 73.2 cm³/mol. The molecule has 1 heterocycles. The Morgan fingerprint density at radius 1 is 1.29 bits per heavy atom. The van der Waals surface area contributed by atoms with Crippen LogP contribution in [0.3, 0.4) is 0 Å². The molecule has 1 aliphatic carbocycles. The second kappa shape index (κ2) is 4.71. The average molecular weight is 300 g/mol. The van der Waals surface area contributed by atoms with Crippen molar-refractivity contribution in [3.8, 4) is 0 Å². The van der Waals surface area contributed by atoms with E-state index in [1.54, 1.807) is 0 Å². The molecule has 1 fully saturated rings. The molecule has 17 heavy (non-hydrogen) atoms. The first-order valence-corrected chi connectivity index (χ1v) is 7.54. The highest BCUT2D eigenvalue weighted by Gasteiger charge is 2.30. The Labute approximate surface area is 112 Å². The molecule has 1 saturated carbocycles. The molecule has 0 radical (unpaired) electrons. The van der Waals surface area contributed by atoms with E-state index in [-0.39, 0.29) is 0 Å². The van der Waals surface area contributed by atoms with Gasteiger partial charge in [0.15, 0.2) is 0 Å². The summed E-state index contributed by atoms with van der Waals surface area (Å²) in [4.78, 5) is 0. The quantitative estimate of drug-likeness (QED) is 0.793. The lowest BCUT2D eigenvalue weighted by atomic mass is 9.80. The fraction of sp³-hybridized carbons (Fsp3) is 0.846. The number of nitrogens with zero attached hydrogens (tertiary/aromatic N) is 3. The van der Waals surface area contributed by atoms with E-state index in [1.165, 1.54) is 18.7 Å². The Morgan fingerprint density at radius 2 is 1.88 bits per heavy atom. The lowest BCUT2D eigenvalue weighted by Gasteiger charge is -2.27. The minimum atomic E-state index is 0.328. The van der Waals surface area contributed by atoms with Crippen molar-refractivity contribution < 1.29 is 0 Å². The van der Waals surface area contributed by atoms with Crippen LogP contribution in [0.2, 0.25) is 0 Å². The molecular weight excluding hydrogens is 278 g/mol. The summed E-state index contributed by atoms with van der Waals surface area (Å²) in [6.45, 7) is 9.18. The maximum Gasteiger partial charge on any atom is 0.143 e. The summed E-state index contributed by atoms with van der Waals surface area (Å²) in [6, 6.07) is 0.666. The van der Waals surface area contributed by atoms with Gasteiger partial charge in [-0.15, -0.1) is 10.2 Å². The Kier molecular flexibility index (Phi) is 3.62. The molecule has 0 amide bonds. The van der Waals surface area contributed by atoms with Crippen LogP contribution in [0.4, 0.5) is 0 Å². The monoisotopic (exact) mass is 299 g/mol. The third-order valence-corrected chi connectivity index (χ3v) is 4.34. The number of hydrogen-bond donors (Lipinski definition) is 0. The Balaban J connectivity index is 2.18. The number of halogens is 1. The summed E-state index contributed by atoms with van der Waals surface area (Å²) in [5.74, 6) is 2.88. The van der Waals surface area contributed by atoms with Crippen LogP contribution in [0.15, 0.2) is 0 Å². The molecule has 1 aromatic heterocycles. The van der Waals surface area contributed by atoms with Crippen molar-refractivity contribution in [3.63, 3.8) is 0 Å². The van der Waals surface area contributed by atoms with Crippen molar-refractivity contribution in [3.05, 3.63) is 11.6 Å². The smallest absolute Gasteiger partial charge is 0.143 e. The second-order valence-corrected chi connectivity index (χ2v) is 6.80. The van der Waals surface area contributed by atoms with Gasteiger partial charge in [-0.3, -0.25) is 0 Å². The number of alkyl halides is 1. The number of hydrogen-bond acceptors (Lipinski definition) is 2. The number of aromatic nitrogens is 3. The summed E-state index contributed by atoms with van der Waals surface area (Å²) < 4.78 is 2.36. The van der Waals surface area contributed by atoms with Crippen LogP contribution in [0, 0.1) is 11.3 Å². The maximum absolute atomic E-state index is 4.38. The van der Waals surface area contributed by atoms with E-state index >= 15 is 0 Å². The van der Waals surface area contributed by atoms with Crippen molar-refractivity contribution in [2.45, 2.75) is 58.3 Å². The summed E-state index contributed by atoms with van der Waals surface area (Å²) in [7, 11) is 0. The lowest BCUT2D eigenvalue weighted by Crippen LogP contribution is -2.21. The van der Waals surface area contributed by atoms with Gasteiger partial charge in [0.05, 0.1) is 5.33 Å². The molecule has 4 heteroatoms. The van der Waals surface area contributed by atoms with Crippen LogP contribution < -0.4 is 0 Å². The van der Waals surface area contributed by atoms with E-state index in [2.05, 4.69) is 58.4 Å². The molecule has 2 rings (SSSR count). The highest BCUT2D eigenvalue weighted by molar-refractivity contribution is 9.08. The zero-order valence-electron chi connectivity index (χ0n) is 11.2. The molecule has 0 saturated heterocycles. The fourth-order valence-corrected chi connectivity index (χ4v) is 2.31. The van der Waals surface area contributed by atoms with Crippen LogP contribution in [0.25, 0.3) is 0 Å². The van der Waals surface area contributed by atoms with Crippen LogP contribution in [0.5, 0.6) is 0 Å². The Bertz CT molecular complexity index is 388. The zero-order valence-corrected chi connectivity index (χ0v) is 12.8. The summed E-state index contributed by atoms with van der Waals surface area (Å²) in [5, 5.41) is 9.49. The largest absolute Gasteiger partial charge is 0.311 e. The molecule has 0 aromatic carbocycles. The van der Waals surface area contributed by atoms with Gasteiger partial charge in [0.25, 0.3) is 0 Å². The van der Waals surface area contributed by atoms with Gasteiger partial charge in [0.1, 0.15) is 11.6 Å². The van der Waals surface area contributed by atoms with Gasteiger partial charge in [0, 0.05) is 12.5 Å². The van der Waals surface area contributed by atoms with Crippen molar-refractivity contribution in [2.75, 3.05) is 0 Å². The first kappa shape index (κ1) is 13.1. The van der Waals surface area contributed by atoms with Gasteiger partial charge < -0.3 is 4.57 Å². The van der Waals surface area contributed by atoms with E-state index in [1.807, 2.05) is 0 Å². The first-order chi connectivity index (χ1) is 7.93. The topological polar surface area (TPSA) is 30.7 Å². The first-order valence-electron chi connectivity index (χ1n) is 6.42. The highest BCUT2D eigenvalue weighted by Crippen LogP contribution is 2.38. The van der Waals surface area contributed by atoms with Crippen molar-refractivity contribution >= 4 is 15.9 Å². The van der Waals surface area contributed by atoms with Crippen molar-refractivity contribution in [1.29, 1.82) is 0 Å². The Hall–Kier alpha value is -0.380. The van der Waals surface area contributed by atoms with Crippen LogP contribution >= 0.6 is 15.9 Å². The van der Waals surface area contributed by atoms with Gasteiger partial charge >= 0.3 is 0 Å². The van der Waals surface area contributed by atoms with E-state index in [0.29, 0.717) is 17.4 Å². The predicted octanol–water partition coefficient (Wildman–Crippen LogP) is 3.73. The third-order valence-electron chi connectivity index (χ3n) is 3.84. The van der Waals surface area contributed by atoms with E-state index in [4.69, 9.17) is 0 Å². The van der Waals surface area contributed by atoms with Crippen LogP contribution in [0.1, 0.15) is 58.2 Å². The zero-order chi connectivity index (χ0) is 12.6. The van der Waals surface area contributed by atoms with Gasteiger partial charge in [-0.1, -0.05) is 43.6 Å². The van der Waals surface area contributed by atoms with Crippen molar-refractivity contribution in [1.82, 2.24) is 14.8 Å².